The zero-order valence-electron chi connectivity index (χ0n) is 16.3. The van der Waals surface area contributed by atoms with E-state index < -0.39 is 0 Å². The van der Waals surface area contributed by atoms with Gasteiger partial charge in [-0.3, -0.25) is 9.78 Å². The van der Waals surface area contributed by atoms with Gasteiger partial charge in [-0.25, -0.2) is 14.5 Å². The van der Waals surface area contributed by atoms with Crippen LogP contribution in [0.15, 0.2) is 31.1 Å². The number of hydrogen-bond acceptors (Lipinski definition) is 8. The van der Waals surface area contributed by atoms with Crippen molar-refractivity contribution in [2.24, 2.45) is 5.92 Å². The maximum atomic E-state index is 13.2. The first-order valence-corrected chi connectivity index (χ1v) is 9.92. The Labute approximate surface area is 172 Å². The molecule has 0 aliphatic carbocycles. The minimum Gasteiger partial charge on any atom is -0.490 e. The van der Waals surface area contributed by atoms with Gasteiger partial charge in [0.25, 0.3) is 0 Å². The molecule has 1 saturated heterocycles. The summed E-state index contributed by atoms with van der Waals surface area (Å²) in [5.74, 6) is 1.42. The Balaban J connectivity index is 1.28. The number of nitriles is 1. The summed E-state index contributed by atoms with van der Waals surface area (Å²) in [6, 6.07) is 2.11. The van der Waals surface area contributed by atoms with E-state index in [1.54, 1.807) is 23.1 Å². The molecule has 0 spiro atoms. The fourth-order valence-electron chi connectivity index (χ4n) is 4.15. The first kappa shape index (κ1) is 18.3. The number of hydrogen-bond donors (Lipinski definition) is 0. The highest BCUT2D eigenvalue weighted by Crippen LogP contribution is 2.29. The number of anilines is 1. The van der Waals surface area contributed by atoms with E-state index in [-0.39, 0.29) is 11.8 Å². The van der Waals surface area contributed by atoms with E-state index in [0.717, 1.165) is 43.0 Å². The van der Waals surface area contributed by atoms with Gasteiger partial charge in [0.15, 0.2) is 11.5 Å². The molecular weight excluding hydrogens is 384 g/mol. The van der Waals surface area contributed by atoms with Crippen molar-refractivity contribution in [1.29, 1.82) is 5.26 Å². The average molecular weight is 404 g/mol. The number of fused-ring (bicyclic) bond motifs is 2. The smallest absolute Gasteiger partial charge is 0.226 e. The van der Waals surface area contributed by atoms with Crippen molar-refractivity contribution >= 4 is 17.4 Å². The van der Waals surface area contributed by atoms with Gasteiger partial charge in [0.1, 0.15) is 30.3 Å². The second kappa shape index (κ2) is 7.59. The highest BCUT2D eigenvalue weighted by molar-refractivity contribution is 5.79. The average Bonchev–Trinajstić information content (AvgIpc) is 3.17. The van der Waals surface area contributed by atoms with Gasteiger partial charge in [-0.05, 0) is 12.8 Å². The highest BCUT2D eigenvalue weighted by atomic mass is 16.5. The summed E-state index contributed by atoms with van der Waals surface area (Å²) in [7, 11) is 0. The van der Waals surface area contributed by atoms with Crippen LogP contribution in [0.25, 0.3) is 5.65 Å². The summed E-state index contributed by atoms with van der Waals surface area (Å²) in [5.41, 5.74) is 1.91. The van der Waals surface area contributed by atoms with E-state index in [1.165, 1.54) is 12.5 Å². The van der Waals surface area contributed by atoms with Crippen LogP contribution in [0.2, 0.25) is 0 Å². The molecule has 0 aromatic carbocycles. The minimum atomic E-state index is -0.0486. The first-order chi connectivity index (χ1) is 14.7. The van der Waals surface area contributed by atoms with Gasteiger partial charge in [0.05, 0.1) is 13.1 Å². The first-order valence-electron chi connectivity index (χ1n) is 9.92. The zero-order chi connectivity index (χ0) is 20.5. The summed E-state index contributed by atoms with van der Waals surface area (Å²) >= 11 is 0. The van der Waals surface area contributed by atoms with Crippen LogP contribution < -0.4 is 9.64 Å². The molecule has 0 unspecified atom stereocenters. The van der Waals surface area contributed by atoms with E-state index in [0.29, 0.717) is 31.0 Å². The molecule has 0 saturated carbocycles. The molecule has 0 radical (unpaired) electrons. The number of nitrogens with zero attached hydrogens (tertiary/aromatic N) is 8. The molecule has 3 aromatic rings. The standard InChI is InChI=1S/C20H20N8O2/c21-9-15-10-22-11-16-12-27(7-8-30-17(15)16)20(29)14-1-4-26(5-2-14)18-19-24-13-25-28(19)6-3-23-18/h3,6,10-11,13-14H,1-2,4-5,7-8,12H2. The fraction of sp³-hybridized carbons (Fsp3) is 0.400. The summed E-state index contributed by atoms with van der Waals surface area (Å²) in [6.45, 7) is 2.75. The second-order valence-corrected chi connectivity index (χ2v) is 7.44. The lowest BCUT2D eigenvalue weighted by Gasteiger charge is -2.34. The Hall–Kier alpha value is -3.74. The van der Waals surface area contributed by atoms with E-state index in [4.69, 9.17) is 4.74 Å². The summed E-state index contributed by atoms with van der Waals surface area (Å²) in [6.07, 6.45) is 9.67. The molecule has 5 heterocycles. The molecule has 0 atom stereocenters. The van der Waals surface area contributed by atoms with Gasteiger partial charge in [-0.2, -0.15) is 10.4 Å². The van der Waals surface area contributed by atoms with Crippen LogP contribution in [0.3, 0.4) is 0 Å². The Kier molecular flexibility index (Phi) is 4.63. The van der Waals surface area contributed by atoms with Crippen LogP contribution in [0.1, 0.15) is 24.0 Å². The lowest BCUT2D eigenvalue weighted by atomic mass is 9.95. The van der Waals surface area contributed by atoms with Crippen LogP contribution in [-0.2, 0) is 11.3 Å². The molecule has 1 amide bonds. The molecule has 3 aromatic heterocycles. The van der Waals surface area contributed by atoms with Crippen molar-refractivity contribution in [1.82, 2.24) is 29.5 Å². The third kappa shape index (κ3) is 3.18. The number of carbonyl (C=O) groups is 1. The molecule has 5 rings (SSSR count). The van der Waals surface area contributed by atoms with Crippen molar-refractivity contribution in [3.8, 4) is 11.8 Å². The minimum absolute atomic E-state index is 0.0486. The number of rotatable bonds is 2. The number of piperidine rings is 1. The molecule has 0 bridgehead atoms. The molecule has 10 nitrogen and oxygen atoms in total. The number of amides is 1. The topological polar surface area (TPSA) is 113 Å². The second-order valence-electron chi connectivity index (χ2n) is 7.44. The molecule has 1 fully saturated rings. The van der Waals surface area contributed by atoms with Gasteiger partial charge in [-0.1, -0.05) is 0 Å². The Morgan fingerprint density at radius 1 is 1.20 bits per heavy atom. The molecule has 2 aliphatic heterocycles. The maximum Gasteiger partial charge on any atom is 0.226 e. The third-order valence-electron chi connectivity index (χ3n) is 5.69. The number of pyridine rings is 1. The van der Waals surface area contributed by atoms with Gasteiger partial charge in [0.2, 0.25) is 5.91 Å². The monoisotopic (exact) mass is 404 g/mol. The molecule has 152 valence electrons. The Bertz CT molecular complexity index is 1130. The maximum absolute atomic E-state index is 13.2. The molecule has 10 heteroatoms. The predicted octanol–water partition coefficient (Wildman–Crippen LogP) is 1.03. The summed E-state index contributed by atoms with van der Waals surface area (Å²) in [4.78, 5) is 30.1. The third-order valence-corrected chi connectivity index (χ3v) is 5.69. The normalized spacial score (nSPS) is 17.2. The Morgan fingerprint density at radius 3 is 2.90 bits per heavy atom. The van der Waals surface area contributed by atoms with Gasteiger partial charge < -0.3 is 14.5 Å². The number of carbonyl (C=O) groups excluding carboxylic acids is 1. The molecule has 2 aliphatic rings. The zero-order valence-corrected chi connectivity index (χ0v) is 16.3. The van der Waals surface area contributed by atoms with E-state index >= 15 is 0 Å². The van der Waals surface area contributed by atoms with Gasteiger partial charge >= 0.3 is 0 Å². The van der Waals surface area contributed by atoms with Gasteiger partial charge in [0, 0.05) is 49.4 Å². The van der Waals surface area contributed by atoms with Crippen molar-refractivity contribution in [3.05, 3.63) is 42.2 Å². The Morgan fingerprint density at radius 2 is 2.07 bits per heavy atom. The fourth-order valence-corrected chi connectivity index (χ4v) is 4.15. The quantitative estimate of drug-likeness (QED) is 0.622. The van der Waals surface area contributed by atoms with Crippen LogP contribution in [0.4, 0.5) is 5.82 Å². The molecule has 30 heavy (non-hydrogen) atoms. The largest absolute Gasteiger partial charge is 0.490 e. The molecule has 0 N–H and O–H groups in total. The SMILES string of the molecule is N#Cc1cncc2c1OCCN(C(=O)C1CCN(c3nccn4ncnc34)CC1)C2. The summed E-state index contributed by atoms with van der Waals surface area (Å²) < 4.78 is 7.46. The van der Waals surface area contributed by atoms with Gasteiger partial charge in [-0.15, -0.1) is 0 Å². The lowest BCUT2D eigenvalue weighted by Crippen LogP contribution is -2.43. The van der Waals surface area contributed by atoms with Crippen LogP contribution in [0.5, 0.6) is 5.75 Å². The van der Waals surface area contributed by atoms with Crippen LogP contribution in [-0.4, -0.2) is 61.6 Å². The predicted molar refractivity (Wildman–Crippen MR) is 106 cm³/mol. The molecular formula is C20H20N8O2. The van der Waals surface area contributed by atoms with E-state index in [2.05, 4.69) is 31.0 Å². The van der Waals surface area contributed by atoms with Crippen molar-refractivity contribution < 1.29 is 9.53 Å². The highest BCUT2D eigenvalue weighted by Gasteiger charge is 2.31. The lowest BCUT2D eigenvalue weighted by molar-refractivity contribution is -0.137. The van der Waals surface area contributed by atoms with Crippen molar-refractivity contribution in [2.75, 3.05) is 31.1 Å². The van der Waals surface area contributed by atoms with Crippen molar-refractivity contribution in [3.63, 3.8) is 0 Å². The number of aromatic nitrogens is 5. The van der Waals surface area contributed by atoms with E-state index in [1.807, 2.05) is 4.90 Å². The van der Waals surface area contributed by atoms with Crippen LogP contribution >= 0.6 is 0 Å². The van der Waals surface area contributed by atoms with Crippen molar-refractivity contribution in [2.45, 2.75) is 19.4 Å². The van der Waals surface area contributed by atoms with E-state index in [9.17, 15) is 10.1 Å². The summed E-state index contributed by atoms with van der Waals surface area (Å²) in [5, 5.41) is 13.4. The van der Waals surface area contributed by atoms with Crippen LogP contribution in [0, 0.1) is 17.2 Å². The number of ether oxygens (including phenoxy) is 1.